The summed E-state index contributed by atoms with van der Waals surface area (Å²) in [4.78, 5) is 16.1. The Morgan fingerprint density at radius 3 is 2.73 bits per heavy atom. The van der Waals surface area contributed by atoms with Crippen LogP contribution in [-0.4, -0.2) is 21.1 Å². The minimum absolute atomic E-state index is 0.0379. The number of benzene rings is 2. The fourth-order valence-corrected chi connectivity index (χ4v) is 2.57. The van der Waals surface area contributed by atoms with Gasteiger partial charge in [0.1, 0.15) is 11.3 Å². The lowest BCUT2D eigenvalue weighted by atomic mass is 10.1. The molecule has 0 bridgehead atoms. The summed E-state index contributed by atoms with van der Waals surface area (Å²) < 4.78 is 5.77. The van der Waals surface area contributed by atoms with E-state index in [4.69, 9.17) is 16.6 Å². The van der Waals surface area contributed by atoms with E-state index in [0.29, 0.717) is 28.2 Å². The van der Waals surface area contributed by atoms with Crippen LogP contribution in [-0.2, 0) is 4.79 Å². The number of hydrogen-bond donors (Lipinski definition) is 3. The van der Waals surface area contributed by atoms with Crippen molar-refractivity contribution in [1.82, 2.24) is 10.3 Å². The van der Waals surface area contributed by atoms with E-state index in [-0.39, 0.29) is 22.7 Å². The molecule has 3 rings (SSSR count). The van der Waals surface area contributed by atoms with Crippen molar-refractivity contribution >= 4 is 40.0 Å². The van der Waals surface area contributed by atoms with Gasteiger partial charge in [-0.2, -0.15) is 0 Å². The highest BCUT2D eigenvalue weighted by Crippen LogP contribution is 2.33. The minimum Gasteiger partial charge on any atom is -0.507 e. The Morgan fingerprint density at radius 2 is 2.00 bits per heavy atom. The van der Waals surface area contributed by atoms with Gasteiger partial charge in [0.2, 0.25) is 11.8 Å². The van der Waals surface area contributed by atoms with Gasteiger partial charge in [-0.1, -0.05) is 19.9 Å². The van der Waals surface area contributed by atoms with Crippen LogP contribution in [0.4, 0.5) is 5.69 Å². The molecule has 26 heavy (non-hydrogen) atoms. The molecule has 134 valence electrons. The molecule has 1 amide bonds. The number of aromatic hydroxyl groups is 1. The van der Waals surface area contributed by atoms with Crippen molar-refractivity contribution in [1.29, 1.82) is 0 Å². The second-order valence-electron chi connectivity index (χ2n) is 6.32. The predicted octanol–water partition coefficient (Wildman–Crippen LogP) is 3.98. The average molecular weight is 369 g/mol. The smallest absolute Gasteiger partial charge is 0.231 e. The summed E-state index contributed by atoms with van der Waals surface area (Å²) in [6, 6.07) is 10.5. The number of nitrogens with zero attached hydrogens (tertiary/aromatic N) is 1. The highest BCUT2D eigenvalue weighted by molar-refractivity contribution is 7.80. The monoisotopic (exact) mass is 369 g/mol. The summed E-state index contributed by atoms with van der Waals surface area (Å²) in [5, 5.41) is 15.9. The van der Waals surface area contributed by atoms with Gasteiger partial charge in [-0.25, -0.2) is 4.98 Å². The zero-order valence-electron chi connectivity index (χ0n) is 14.7. The van der Waals surface area contributed by atoms with E-state index in [1.54, 1.807) is 26.0 Å². The molecule has 0 fully saturated rings. The Hall–Kier alpha value is -2.93. The molecule has 2 aromatic carbocycles. The maximum atomic E-state index is 11.7. The van der Waals surface area contributed by atoms with E-state index in [1.165, 1.54) is 6.07 Å². The van der Waals surface area contributed by atoms with Crippen molar-refractivity contribution in [2.45, 2.75) is 20.8 Å². The van der Waals surface area contributed by atoms with Gasteiger partial charge in [-0.3, -0.25) is 4.79 Å². The molecule has 1 heterocycles. The number of anilines is 1. The van der Waals surface area contributed by atoms with Gasteiger partial charge in [-0.05, 0) is 55.0 Å². The SMILES string of the molecule is Cc1ccc2nc(-c3cc(NC(=S)NC(=O)C(C)C)ccc3O)oc2c1. The molecule has 0 aliphatic rings. The first-order chi connectivity index (χ1) is 12.3. The zero-order valence-corrected chi connectivity index (χ0v) is 15.5. The lowest BCUT2D eigenvalue weighted by Gasteiger charge is -2.12. The van der Waals surface area contributed by atoms with Gasteiger partial charge in [0.25, 0.3) is 0 Å². The zero-order chi connectivity index (χ0) is 18.8. The molecule has 0 saturated heterocycles. The first kappa shape index (κ1) is 17.9. The fraction of sp³-hybridized carbons (Fsp3) is 0.211. The summed E-state index contributed by atoms with van der Waals surface area (Å²) in [7, 11) is 0. The summed E-state index contributed by atoms with van der Waals surface area (Å²) in [5.74, 6) is 0.00371. The molecule has 0 radical (unpaired) electrons. The number of carbonyl (C=O) groups is 1. The first-order valence-corrected chi connectivity index (χ1v) is 8.57. The third-order valence-electron chi connectivity index (χ3n) is 3.79. The third kappa shape index (κ3) is 3.83. The van der Waals surface area contributed by atoms with Crippen LogP contribution in [0.2, 0.25) is 0 Å². The highest BCUT2D eigenvalue weighted by atomic mass is 32.1. The molecule has 0 aliphatic heterocycles. The van der Waals surface area contributed by atoms with Gasteiger partial charge < -0.3 is 20.2 Å². The number of rotatable bonds is 3. The van der Waals surface area contributed by atoms with Gasteiger partial charge in [0, 0.05) is 11.6 Å². The Bertz CT molecular complexity index is 995. The molecular formula is C19H19N3O3S. The maximum Gasteiger partial charge on any atom is 0.231 e. The quantitative estimate of drug-likeness (QED) is 0.478. The van der Waals surface area contributed by atoms with Crippen LogP contribution >= 0.6 is 12.2 Å². The van der Waals surface area contributed by atoms with Crippen LogP contribution in [0.15, 0.2) is 40.8 Å². The Morgan fingerprint density at radius 1 is 1.23 bits per heavy atom. The molecule has 1 aromatic heterocycles. The van der Waals surface area contributed by atoms with Crippen LogP contribution in [0, 0.1) is 12.8 Å². The van der Waals surface area contributed by atoms with E-state index in [1.807, 2.05) is 25.1 Å². The Balaban J connectivity index is 1.87. The molecule has 0 unspecified atom stereocenters. The highest BCUT2D eigenvalue weighted by Gasteiger charge is 2.14. The van der Waals surface area contributed by atoms with Gasteiger partial charge in [0.15, 0.2) is 10.7 Å². The van der Waals surface area contributed by atoms with Crippen LogP contribution in [0.3, 0.4) is 0 Å². The summed E-state index contributed by atoms with van der Waals surface area (Å²) in [5.41, 5.74) is 3.46. The number of carbonyl (C=O) groups excluding carboxylic acids is 1. The lowest BCUT2D eigenvalue weighted by Crippen LogP contribution is -2.36. The van der Waals surface area contributed by atoms with E-state index in [2.05, 4.69) is 15.6 Å². The molecular weight excluding hydrogens is 350 g/mol. The van der Waals surface area contributed by atoms with Crippen LogP contribution < -0.4 is 10.6 Å². The number of aryl methyl sites for hydroxylation is 1. The maximum absolute atomic E-state index is 11.7. The van der Waals surface area contributed by atoms with E-state index in [9.17, 15) is 9.90 Å². The number of aromatic nitrogens is 1. The molecule has 3 N–H and O–H groups in total. The van der Waals surface area contributed by atoms with Crippen molar-refractivity contribution < 1.29 is 14.3 Å². The largest absolute Gasteiger partial charge is 0.507 e. The molecule has 0 spiro atoms. The fourth-order valence-electron chi connectivity index (χ4n) is 2.35. The van der Waals surface area contributed by atoms with Crippen molar-refractivity contribution in [3.05, 3.63) is 42.0 Å². The van der Waals surface area contributed by atoms with E-state index in [0.717, 1.165) is 5.56 Å². The molecule has 0 saturated carbocycles. The number of hydrogen-bond acceptors (Lipinski definition) is 5. The number of phenols is 1. The summed E-state index contributed by atoms with van der Waals surface area (Å²) in [6.07, 6.45) is 0. The van der Waals surface area contributed by atoms with Crippen molar-refractivity contribution in [3.63, 3.8) is 0 Å². The van der Waals surface area contributed by atoms with Gasteiger partial charge in [0.05, 0.1) is 5.56 Å². The number of oxazole rings is 1. The minimum atomic E-state index is -0.173. The Kier molecular flexibility index (Phi) is 4.90. The standard InChI is InChI=1S/C19H19N3O3S/c1-10(2)17(24)22-19(26)20-12-5-7-15(23)13(9-12)18-21-14-6-4-11(3)8-16(14)25-18/h4-10,23H,1-3H3,(H2,20,22,24,26). The Labute approximate surface area is 156 Å². The van der Waals surface area contributed by atoms with Crippen molar-refractivity contribution in [2.75, 3.05) is 5.32 Å². The van der Waals surface area contributed by atoms with Crippen molar-refractivity contribution in [2.24, 2.45) is 5.92 Å². The molecule has 6 nitrogen and oxygen atoms in total. The van der Waals surface area contributed by atoms with E-state index >= 15 is 0 Å². The predicted molar refractivity (Wildman–Crippen MR) is 105 cm³/mol. The number of amides is 1. The van der Waals surface area contributed by atoms with Crippen LogP contribution in [0.1, 0.15) is 19.4 Å². The number of nitrogens with one attached hydrogen (secondary N) is 2. The third-order valence-corrected chi connectivity index (χ3v) is 3.99. The second kappa shape index (κ2) is 7.13. The normalized spacial score (nSPS) is 10.9. The molecule has 3 aromatic rings. The molecule has 0 atom stereocenters. The summed E-state index contributed by atoms with van der Waals surface area (Å²) in [6.45, 7) is 5.53. The molecule has 0 aliphatic carbocycles. The first-order valence-electron chi connectivity index (χ1n) is 8.16. The van der Waals surface area contributed by atoms with Gasteiger partial charge >= 0.3 is 0 Å². The van der Waals surface area contributed by atoms with Crippen LogP contribution in [0.5, 0.6) is 5.75 Å². The number of fused-ring (bicyclic) bond motifs is 1. The number of phenolic OH excluding ortho intramolecular Hbond substituents is 1. The molecule has 7 heteroatoms. The lowest BCUT2D eigenvalue weighted by molar-refractivity contribution is -0.122. The van der Waals surface area contributed by atoms with Crippen LogP contribution in [0.25, 0.3) is 22.6 Å². The van der Waals surface area contributed by atoms with E-state index < -0.39 is 0 Å². The van der Waals surface area contributed by atoms with Gasteiger partial charge in [-0.15, -0.1) is 0 Å². The second-order valence-corrected chi connectivity index (χ2v) is 6.73. The van der Waals surface area contributed by atoms with Crippen molar-refractivity contribution in [3.8, 4) is 17.2 Å². The number of thiocarbonyl (C=S) groups is 1. The topological polar surface area (TPSA) is 87.4 Å². The summed E-state index contributed by atoms with van der Waals surface area (Å²) >= 11 is 5.15. The average Bonchev–Trinajstić information content (AvgIpc) is 2.99.